The highest BCUT2D eigenvalue weighted by Gasteiger charge is 2.44. The number of esters is 3. The van der Waals surface area contributed by atoms with E-state index in [9.17, 15) is 14.4 Å². The van der Waals surface area contributed by atoms with Crippen LogP contribution in [-0.4, -0.2) is 56.2 Å². The highest BCUT2D eigenvalue weighted by Crippen LogP contribution is 2.28. The lowest BCUT2D eigenvalue weighted by atomic mass is 10.1. The third kappa shape index (κ3) is 5.68. The Labute approximate surface area is 122 Å². The van der Waals surface area contributed by atoms with Crippen LogP contribution in [0.1, 0.15) is 27.2 Å². The Kier molecular flexibility index (Phi) is 6.57. The molecule has 0 radical (unpaired) electrons. The summed E-state index contributed by atoms with van der Waals surface area (Å²) in [4.78, 5) is 33.2. The molecule has 21 heavy (non-hydrogen) atoms. The van der Waals surface area contributed by atoms with Gasteiger partial charge in [-0.3, -0.25) is 14.4 Å². The van der Waals surface area contributed by atoms with Crippen molar-refractivity contribution in [2.75, 3.05) is 13.7 Å². The van der Waals surface area contributed by atoms with Crippen molar-refractivity contribution in [1.29, 1.82) is 0 Å². The average molecular weight is 304 g/mol. The predicted octanol–water partition coefficient (Wildman–Crippen LogP) is 0.174. The number of ether oxygens (including phenoxy) is 5. The molecule has 1 unspecified atom stereocenters. The molecular formula is C13H20O8. The van der Waals surface area contributed by atoms with Gasteiger partial charge in [0, 0.05) is 34.3 Å². The van der Waals surface area contributed by atoms with Gasteiger partial charge in [-0.15, -0.1) is 0 Å². The van der Waals surface area contributed by atoms with Crippen LogP contribution in [0, 0.1) is 0 Å². The molecule has 0 aliphatic carbocycles. The summed E-state index contributed by atoms with van der Waals surface area (Å²) in [5.74, 6) is -1.56. The molecule has 1 rings (SSSR count). The number of hydrogen-bond donors (Lipinski definition) is 0. The lowest BCUT2D eigenvalue weighted by Gasteiger charge is -2.22. The van der Waals surface area contributed by atoms with Gasteiger partial charge in [0.05, 0.1) is 6.61 Å². The monoisotopic (exact) mass is 304 g/mol. The van der Waals surface area contributed by atoms with Crippen molar-refractivity contribution in [3.8, 4) is 0 Å². The Morgan fingerprint density at radius 2 is 1.71 bits per heavy atom. The van der Waals surface area contributed by atoms with Crippen molar-refractivity contribution in [2.24, 2.45) is 0 Å². The van der Waals surface area contributed by atoms with Gasteiger partial charge in [0.1, 0.15) is 6.10 Å². The minimum atomic E-state index is -1.02. The molecule has 1 saturated heterocycles. The van der Waals surface area contributed by atoms with Gasteiger partial charge in [-0.2, -0.15) is 0 Å². The largest absolute Gasteiger partial charge is 0.457 e. The first-order valence-electron chi connectivity index (χ1n) is 6.49. The summed E-state index contributed by atoms with van der Waals surface area (Å²) in [6, 6.07) is 0. The van der Waals surface area contributed by atoms with E-state index in [0.717, 1.165) is 0 Å². The van der Waals surface area contributed by atoms with Crippen LogP contribution in [0.2, 0.25) is 0 Å². The molecule has 0 aromatic heterocycles. The maximum Gasteiger partial charge on any atom is 0.305 e. The second-order valence-corrected chi connectivity index (χ2v) is 4.64. The highest BCUT2D eigenvalue weighted by atomic mass is 16.7. The van der Waals surface area contributed by atoms with Gasteiger partial charge in [-0.25, -0.2) is 0 Å². The number of carbonyl (C=O) groups is 3. The van der Waals surface area contributed by atoms with E-state index in [2.05, 4.69) is 0 Å². The van der Waals surface area contributed by atoms with E-state index < -0.39 is 42.5 Å². The fourth-order valence-corrected chi connectivity index (χ4v) is 2.07. The normalized spacial score (nSPS) is 26.0. The summed E-state index contributed by atoms with van der Waals surface area (Å²) in [5.41, 5.74) is 0. The third-order valence-electron chi connectivity index (χ3n) is 2.74. The predicted molar refractivity (Wildman–Crippen MR) is 68.0 cm³/mol. The molecular weight excluding hydrogens is 284 g/mol. The van der Waals surface area contributed by atoms with Crippen LogP contribution in [-0.2, 0) is 38.1 Å². The molecule has 0 spiro atoms. The van der Waals surface area contributed by atoms with Gasteiger partial charge >= 0.3 is 17.9 Å². The Bertz CT molecular complexity index is 370. The van der Waals surface area contributed by atoms with Gasteiger partial charge in [0.2, 0.25) is 6.29 Å². The Hall–Kier alpha value is -1.67. The highest BCUT2D eigenvalue weighted by molar-refractivity contribution is 5.67. The average Bonchev–Trinajstić information content (AvgIpc) is 2.69. The number of carbonyl (C=O) groups excluding carboxylic acids is 3. The first kappa shape index (κ1) is 17.4. The fourth-order valence-electron chi connectivity index (χ4n) is 2.07. The van der Waals surface area contributed by atoms with Crippen LogP contribution in [0.15, 0.2) is 0 Å². The van der Waals surface area contributed by atoms with E-state index in [1.165, 1.54) is 27.9 Å². The zero-order chi connectivity index (χ0) is 16.0. The SMILES string of the molecule is COCC(OC(C)=O)[C@@H]1C[C@@H](OC(C)=O)[C@@H](OC(C)=O)O1. The lowest BCUT2D eigenvalue weighted by Crippen LogP contribution is -2.35. The molecule has 1 aliphatic rings. The first-order chi connectivity index (χ1) is 9.83. The van der Waals surface area contributed by atoms with Crippen LogP contribution >= 0.6 is 0 Å². The molecule has 0 N–H and O–H groups in total. The molecule has 0 bridgehead atoms. The van der Waals surface area contributed by atoms with E-state index in [1.807, 2.05) is 0 Å². The molecule has 1 fully saturated rings. The molecule has 1 aliphatic heterocycles. The van der Waals surface area contributed by atoms with Crippen LogP contribution < -0.4 is 0 Å². The van der Waals surface area contributed by atoms with Gasteiger partial charge in [-0.05, 0) is 0 Å². The molecule has 1 heterocycles. The quantitative estimate of drug-likeness (QED) is 0.506. The first-order valence-corrected chi connectivity index (χ1v) is 6.49. The molecule has 0 saturated carbocycles. The molecule has 0 aromatic carbocycles. The van der Waals surface area contributed by atoms with E-state index in [0.29, 0.717) is 0 Å². The van der Waals surface area contributed by atoms with Gasteiger partial charge in [0.15, 0.2) is 12.2 Å². The molecule has 0 aromatic rings. The molecule has 8 heteroatoms. The topological polar surface area (TPSA) is 97.4 Å². The minimum Gasteiger partial charge on any atom is -0.457 e. The van der Waals surface area contributed by atoms with Crippen molar-refractivity contribution >= 4 is 17.9 Å². The van der Waals surface area contributed by atoms with Gasteiger partial charge in [-0.1, -0.05) is 0 Å². The smallest absolute Gasteiger partial charge is 0.305 e. The maximum absolute atomic E-state index is 11.1. The Morgan fingerprint density at radius 1 is 1.10 bits per heavy atom. The third-order valence-corrected chi connectivity index (χ3v) is 2.74. The van der Waals surface area contributed by atoms with Crippen LogP contribution in [0.5, 0.6) is 0 Å². The zero-order valence-corrected chi connectivity index (χ0v) is 12.5. The van der Waals surface area contributed by atoms with Crippen molar-refractivity contribution in [1.82, 2.24) is 0 Å². The second-order valence-electron chi connectivity index (χ2n) is 4.64. The van der Waals surface area contributed by atoms with Gasteiger partial charge < -0.3 is 23.7 Å². The molecule has 4 atom stereocenters. The lowest BCUT2D eigenvalue weighted by molar-refractivity contribution is -0.203. The van der Waals surface area contributed by atoms with Crippen molar-refractivity contribution in [2.45, 2.75) is 51.8 Å². The fraction of sp³-hybridized carbons (Fsp3) is 0.769. The molecule has 120 valence electrons. The van der Waals surface area contributed by atoms with E-state index in [1.54, 1.807) is 0 Å². The summed E-state index contributed by atoms with van der Waals surface area (Å²) in [6.45, 7) is 3.85. The summed E-state index contributed by atoms with van der Waals surface area (Å²) in [5, 5.41) is 0. The van der Waals surface area contributed by atoms with E-state index in [-0.39, 0.29) is 13.0 Å². The number of hydrogen-bond acceptors (Lipinski definition) is 8. The van der Waals surface area contributed by atoms with Crippen LogP contribution in [0.3, 0.4) is 0 Å². The summed E-state index contributed by atoms with van der Waals surface area (Å²) in [7, 11) is 1.46. The van der Waals surface area contributed by atoms with Crippen LogP contribution in [0.25, 0.3) is 0 Å². The van der Waals surface area contributed by atoms with Crippen molar-refractivity contribution in [3.63, 3.8) is 0 Å². The van der Waals surface area contributed by atoms with E-state index >= 15 is 0 Å². The summed E-state index contributed by atoms with van der Waals surface area (Å²) in [6.07, 6.45) is -2.80. The summed E-state index contributed by atoms with van der Waals surface area (Å²) < 4.78 is 25.6. The molecule has 0 amide bonds. The standard InChI is InChI=1S/C13H20O8/c1-7(14)18-11-5-10(21-13(11)20-9(3)16)12(6-17-4)19-8(2)15/h10-13H,5-6H2,1-4H3/t10-,11+,12?,13-/m0/s1. The minimum absolute atomic E-state index is 0.115. The van der Waals surface area contributed by atoms with E-state index in [4.69, 9.17) is 23.7 Å². The van der Waals surface area contributed by atoms with Crippen molar-refractivity contribution < 1.29 is 38.1 Å². The Morgan fingerprint density at radius 3 is 2.19 bits per heavy atom. The zero-order valence-electron chi connectivity index (χ0n) is 12.5. The molecule has 8 nitrogen and oxygen atoms in total. The van der Waals surface area contributed by atoms with Crippen molar-refractivity contribution in [3.05, 3.63) is 0 Å². The van der Waals surface area contributed by atoms with Gasteiger partial charge in [0.25, 0.3) is 0 Å². The summed E-state index contributed by atoms with van der Waals surface area (Å²) >= 11 is 0. The Balaban J connectivity index is 2.76. The van der Waals surface area contributed by atoms with Crippen LogP contribution in [0.4, 0.5) is 0 Å². The number of methoxy groups -OCH3 is 1. The second kappa shape index (κ2) is 7.94. The maximum atomic E-state index is 11.1. The number of rotatable bonds is 6.